The number of nitrogens with zero attached hydrogens (tertiary/aromatic N) is 1. The zero-order valence-electron chi connectivity index (χ0n) is 7.69. The van der Waals surface area contributed by atoms with E-state index in [4.69, 9.17) is 10.8 Å². The molecule has 1 atom stereocenters. The number of carboxylic acids is 1. The molecule has 1 rings (SSSR count). The van der Waals surface area contributed by atoms with Crippen molar-refractivity contribution in [3.63, 3.8) is 0 Å². The first-order valence-electron chi connectivity index (χ1n) is 4.43. The quantitative estimate of drug-likeness (QED) is 0.556. The van der Waals surface area contributed by atoms with Crippen molar-refractivity contribution in [2.24, 2.45) is 16.8 Å². The standard InChI is InChI=1S/C8H13N3O3/c9-8(14)11-10-6-3-1-2-5(4-6)7(12)13/h5H,1-4H2,(H,12,13)(H3,9,11,14)/b10-6-. The smallest absolute Gasteiger partial charge is 0.332 e. The molecule has 1 saturated carbocycles. The van der Waals surface area contributed by atoms with Crippen LogP contribution in [0.5, 0.6) is 0 Å². The lowest BCUT2D eigenvalue weighted by molar-refractivity contribution is -0.141. The molecule has 0 heterocycles. The molecule has 1 aliphatic rings. The van der Waals surface area contributed by atoms with Crippen molar-refractivity contribution in [3.05, 3.63) is 0 Å². The number of hydrogen-bond donors (Lipinski definition) is 3. The average Bonchev–Trinajstić information content (AvgIpc) is 2.15. The average molecular weight is 199 g/mol. The minimum atomic E-state index is -0.809. The second-order valence-corrected chi connectivity index (χ2v) is 3.29. The SMILES string of the molecule is NC(=O)N/N=C1/CCCC(C(=O)O)C1. The number of carboxylic acid groups (broad SMARTS) is 1. The van der Waals surface area contributed by atoms with E-state index in [0.717, 1.165) is 12.8 Å². The van der Waals surface area contributed by atoms with Crippen LogP contribution >= 0.6 is 0 Å². The van der Waals surface area contributed by atoms with Crippen molar-refractivity contribution < 1.29 is 14.7 Å². The minimum Gasteiger partial charge on any atom is -0.481 e. The van der Waals surface area contributed by atoms with Gasteiger partial charge in [0.2, 0.25) is 0 Å². The Morgan fingerprint density at radius 3 is 2.86 bits per heavy atom. The van der Waals surface area contributed by atoms with E-state index in [9.17, 15) is 9.59 Å². The van der Waals surface area contributed by atoms with E-state index in [-0.39, 0.29) is 5.92 Å². The van der Waals surface area contributed by atoms with Crippen LogP contribution in [0.2, 0.25) is 0 Å². The molecule has 0 spiro atoms. The molecular formula is C8H13N3O3. The molecule has 1 unspecified atom stereocenters. The number of carbonyl (C=O) groups excluding carboxylic acids is 1. The van der Waals surface area contributed by atoms with Crippen LogP contribution in [0.3, 0.4) is 0 Å². The normalized spacial score (nSPS) is 24.6. The minimum absolute atomic E-state index is 0.378. The Bertz CT molecular complexity index is 275. The number of nitrogens with one attached hydrogen (secondary N) is 1. The van der Waals surface area contributed by atoms with Crippen molar-refractivity contribution >= 4 is 17.7 Å². The summed E-state index contributed by atoms with van der Waals surface area (Å²) in [7, 11) is 0. The van der Waals surface area contributed by atoms with Gasteiger partial charge in [0, 0.05) is 12.1 Å². The molecule has 0 bridgehead atoms. The highest BCUT2D eigenvalue weighted by molar-refractivity contribution is 5.90. The number of carbonyl (C=O) groups is 2. The monoisotopic (exact) mass is 199 g/mol. The lowest BCUT2D eigenvalue weighted by Gasteiger charge is -2.19. The Kier molecular flexibility index (Phi) is 3.44. The Morgan fingerprint density at radius 2 is 2.29 bits per heavy atom. The molecule has 0 aromatic carbocycles. The van der Waals surface area contributed by atoms with Gasteiger partial charge in [-0.3, -0.25) is 4.79 Å². The van der Waals surface area contributed by atoms with Crippen LogP contribution in [0.25, 0.3) is 0 Å². The Labute approximate surface area is 81.2 Å². The zero-order valence-corrected chi connectivity index (χ0v) is 7.69. The summed E-state index contributed by atoms with van der Waals surface area (Å²) >= 11 is 0. The molecule has 0 saturated heterocycles. The third-order valence-corrected chi connectivity index (χ3v) is 2.17. The number of aliphatic carboxylic acids is 1. The predicted octanol–water partition coefficient (Wildman–Crippen LogP) is 0.285. The number of primary amides is 1. The number of urea groups is 1. The lowest BCUT2D eigenvalue weighted by Crippen LogP contribution is -2.28. The van der Waals surface area contributed by atoms with Crippen molar-refractivity contribution in [2.75, 3.05) is 0 Å². The molecule has 0 aromatic rings. The molecule has 1 aliphatic carbocycles. The van der Waals surface area contributed by atoms with Gasteiger partial charge in [-0.25, -0.2) is 10.2 Å². The lowest BCUT2D eigenvalue weighted by atomic mass is 9.88. The van der Waals surface area contributed by atoms with E-state index < -0.39 is 12.0 Å². The van der Waals surface area contributed by atoms with Gasteiger partial charge in [-0.2, -0.15) is 5.10 Å². The van der Waals surface area contributed by atoms with Gasteiger partial charge in [0.05, 0.1) is 5.92 Å². The molecule has 6 nitrogen and oxygen atoms in total. The first kappa shape index (κ1) is 10.5. The van der Waals surface area contributed by atoms with Crippen LogP contribution < -0.4 is 11.2 Å². The van der Waals surface area contributed by atoms with E-state index >= 15 is 0 Å². The second-order valence-electron chi connectivity index (χ2n) is 3.29. The van der Waals surface area contributed by atoms with E-state index in [0.29, 0.717) is 18.6 Å². The van der Waals surface area contributed by atoms with E-state index in [1.807, 2.05) is 0 Å². The van der Waals surface area contributed by atoms with Gasteiger partial charge in [-0.15, -0.1) is 0 Å². The Morgan fingerprint density at radius 1 is 1.57 bits per heavy atom. The van der Waals surface area contributed by atoms with Gasteiger partial charge < -0.3 is 10.8 Å². The second kappa shape index (κ2) is 4.59. The molecule has 0 radical (unpaired) electrons. The number of hydrogen-bond acceptors (Lipinski definition) is 3. The number of rotatable bonds is 2. The van der Waals surface area contributed by atoms with Crippen LogP contribution in [0, 0.1) is 5.92 Å². The molecule has 1 fully saturated rings. The molecule has 78 valence electrons. The number of hydrazone groups is 1. The van der Waals surface area contributed by atoms with E-state index in [1.165, 1.54) is 0 Å². The Hall–Kier alpha value is -1.59. The summed E-state index contributed by atoms with van der Waals surface area (Å²) < 4.78 is 0. The van der Waals surface area contributed by atoms with Crippen molar-refractivity contribution in [1.29, 1.82) is 0 Å². The van der Waals surface area contributed by atoms with Crippen molar-refractivity contribution in [3.8, 4) is 0 Å². The van der Waals surface area contributed by atoms with Crippen LogP contribution in [-0.4, -0.2) is 22.8 Å². The maximum Gasteiger partial charge on any atom is 0.332 e. The highest BCUT2D eigenvalue weighted by atomic mass is 16.4. The number of amides is 2. The fourth-order valence-electron chi connectivity index (χ4n) is 1.49. The van der Waals surface area contributed by atoms with Crippen molar-refractivity contribution in [2.45, 2.75) is 25.7 Å². The topological polar surface area (TPSA) is 105 Å². The fourth-order valence-corrected chi connectivity index (χ4v) is 1.49. The molecule has 4 N–H and O–H groups in total. The Balaban J connectivity index is 2.51. The van der Waals surface area contributed by atoms with Gasteiger partial charge in [0.1, 0.15) is 0 Å². The number of nitrogens with two attached hydrogens (primary N) is 1. The van der Waals surface area contributed by atoms with Crippen molar-refractivity contribution in [1.82, 2.24) is 5.43 Å². The molecule has 14 heavy (non-hydrogen) atoms. The summed E-state index contributed by atoms with van der Waals surface area (Å²) in [6.45, 7) is 0. The largest absolute Gasteiger partial charge is 0.481 e. The van der Waals surface area contributed by atoms with Gasteiger partial charge in [0.25, 0.3) is 0 Å². The summed E-state index contributed by atoms with van der Waals surface area (Å²) in [5.74, 6) is -1.19. The molecule has 0 aromatic heterocycles. The molecule has 0 aliphatic heterocycles. The summed E-state index contributed by atoms with van der Waals surface area (Å²) in [6, 6.07) is -0.727. The summed E-state index contributed by atoms with van der Waals surface area (Å²) in [5.41, 5.74) is 7.64. The highest BCUT2D eigenvalue weighted by Gasteiger charge is 2.24. The van der Waals surface area contributed by atoms with Gasteiger partial charge in [0.15, 0.2) is 0 Å². The molecule has 2 amide bonds. The molecular weight excluding hydrogens is 186 g/mol. The maximum absolute atomic E-state index is 10.7. The summed E-state index contributed by atoms with van der Waals surface area (Å²) in [6.07, 6.45) is 2.58. The van der Waals surface area contributed by atoms with E-state index in [1.54, 1.807) is 0 Å². The maximum atomic E-state index is 10.7. The molecule has 6 heteroatoms. The highest BCUT2D eigenvalue weighted by Crippen LogP contribution is 2.21. The van der Waals surface area contributed by atoms with Crippen LogP contribution in [0.1, 0.15) is 25.7 Å². The first-order chi connectivity index (χ1) is 6.59. The van der Waals surface area contributed by atoms with E-state index in [2.05, 4.69) is 10.5 Å². The fraction of sp³-hybridized carbons (Fsp3) is 0.625. The third-order valence-electron chi connectivity index (χ3n) is 2.17. The van der Waals surface area contributed by atoms with Gasteiger partial charge in [-0.05, 0) is 19.3 Å². The van der Waals surface area contributed by atoms with Crippen LogP contribution in [0.4, 0.5) is 4.79 Å². The first-order valence-corrected chi connectivity index (χ1v) is 4.43. The predicted molar refractivity (Wildman–Crippen MR) is 49.7 cm³/mol. The summed E-state index contributed by atoms with van der Waals surface area (Å²) in [5, 5.41) is 12.5. The third kappa shape index (κ3) is 3.04. The van der Waals surface area contributed by atoms with Gasteiger partial charge >= 0.3 is 12.0 Å². The zero-order chi connectivity index (χ0) is 10.6. The van der Waals surface area contributed by atoms with Crippen LogP contribution in [0.15, 0.2) is 5.10 Å². The summed E-state index contributed by atoms with van der Waals surface area (Å²) in [4.78, 5) is 21.0. The van der Waals surface area contributed by atoms with Crippen LogP contribution in [-0.2, 0) is 4.79 Å². The van der Waals surface area contributed by atoms with Gasteiger partial charge in [-0.1, -0.05) is 0 Å².